The van der Waals surface area contributed by atoms with Crippen molar-refractivity contribution in [3.63, 3.8) is 0 Å². The minimum atomic E-state index is 0. The van der Waals surface area contributed by atoms with Crippen LogP contribution in [0.2, 0.25) is 0 Å². The number of hydrogen-bond acceptors (Lipinski definition) is 2. The molecule has 2 heteroatoms. The van der Waals surface area contributed by atoms with Crippen molar-refractivity contribution in [1.29, 1.82) is 0 Å². The summed E-state index contributed by atoms with van der Waals surface area (Å²) < 4.78 is 5.79. The summed E-state index contributed by atoms with van der Waals surface area (Å²) in [6.45, 7) is 10.3. The van der Waals surface area contributed by atoms with Crippen LogP contribution in [0, 0.1) is 5.92 Å². The van der Waals surface area contributed by atoms with Gasteiger partial charge < -0.3 is 10.1 Å². The summed E-state index contributed by atoms with van der Waals surface area (Å²) in [5, 5.41) is 3.41. The monoisotopic (exact) mass is 223 g/mol. The van der Waals surface area contributed by atoms with E-state index >= 15 is 0 Å². The molecule has 0 spiro atoms. The highest BCUT2D eigenvalue weighted by Gasteiger charge is 2.04. The first kappa shape index (κ1) is 13.0. The average Bonchev–Trinajstić information content (AvgIpc) is 2.24. The Morgan fingerprint density at radius 1 is 1.19 bits per heavy atom. The molecule has 0 bridgehead atoms. The van der Waals surface area contributed by atoms with Gasteiger partial charge in [-0.3, -0.25) is 0 Å². The van der Waals surface area contributed by atoms with Crippen LogP contribution in [-0.2, 0) is 6.54 Å². The third-order valence-corrected chi connectivity index (χ3v) is 2.25. The summed E-state index contributed by atoms with van der Waals surface area (Å²) in [5.41, 5.74) is 1.23. The zero-order chi connectivity index (χ0) is 12.0. The second-order valence-corrected chi connectivity index (χ2v) is 4.85. The van der Waals surface area contributed by atoms with Crippen LogP contribution in [0.3, 0.4) is 0 Å². The minimum absolute atomic E-state index is 0. The van der Waals surface area contributed by atoms with E-state index in [1.807, 2.05) is 12.1 Å². The number of hydrogen-bond donors (Lipinski definition) is 1. The van der Waals surface area contributed by atoms with Gasteiger partial charge in [-0.1, -0.05) is 45.9 Å². The van der Waals surface area contributed by atoms with Gasteiger partial charge in [-0.25, -0.2) is 0 Å². The van der Waals surface area contributed by atoms with Gasteiger partial charge in [0, 0.05) is 19.6 Å². The van der Waals surface area contributed by atoms with E-state index in [0.717, 1.165) is 18.9 Å². The number of ether oxygens (including phenoxy) is 1. The van der Waals surface area contributed by atoms with Crippen molar-refractivity contribution in [3.8, 4) is 5.75 Å². The van der Waals surface area contributed by atoms with Gasteiger partial charge in [0.25, 0.3) is 0 Å². The molecule has 0 radical (unpaired) electrons. The van der Waals surface area contributed by atoms with E-state index < -0.39 is 0 Å². The Bertz CT molecular complexity index is 282. The highest BCUT2D eigenvalue weighted by Crippen LogP contribution is 2.18. The highest BCUT2D eigenvalue weighted by atomic mass is 16.5. The van der Waals surface area contributed by atoms with Crippen LogP contribution in [0.15, 0.2) is 24.3 Å². The van der Waals surface area contributed by atoms with Gasteiger partial charge in [0.1, 0.15) is 5.75 Å². The van der Waals surface area contributed by atoms with Crippen LogP contribution in [0.4, 0.5) is 0 Å². The topological polar surface area (TPSA) is 21.3 Å². The number of para-hydroxylation sites is 1. The zero-order valence-corrected chi connectivity index (χ0v) is 10.8. The van der Waals surface area contributed by atoms with Gasteiger partial charge in [0.05, 0.1) is 6.61 Å². The molecule has 0 aliphatic rings. The van der Waals surface area contributed by atoms with E-state index in [2.05, 4.69) is 45.1 Å². The first-order valence-corrected chi connectivity index (χ1v) is 6.03. The molecule has 0 aliphatic heterocycles. The third kappa shape index (κ3) is 4.67. The molecular weight excluding hydrogens is 198 g/mol. The predicted molar refractivity (Wildman–Crippen MR) is 70.9 cm³/mol. The Labute approximate surface area is 100 Å². The lowest BCUT2D eigenvalue weighted by Gasteiger charge is -2.14. The van der Waals surface area contributed by atoms with Crippen molar-refractivity contribution >= 4 is 0 Å². The Kier molecular flexibility index (Phi) is 5.33. The van der Waals surface area contributed by atoms with Gasteiger partial charge in [0.2, 0.25) is 0 Å². The summed E-state index contributed by atoms with van der Waals surface area (Å²) in [4.78, 5) is 0. The summed E-state index contributed by atoms with van der Waals surface area (Å²) in [6.07, 6.45) is 0. The molecule has 16 heavy (non-hydrogen) atoms. The number of benzene rings is 1. The first-order chi connectivity index (χ1) is 7.59. The molecule has 0 heterocycles. The van der Waals surface area contributed by atoms with Crippen molar-refractivity contribution in [2.24, 2.45) is 5.92 Å². The molecule has 0 aliphatic carbocycles. The van der Waals surface area contributed by atoms with Crippen molar-refractivity contribution < 1.29 is 6.16 Å². The Balaban J connectivity index is 0.00000256. The highest BCUT2D eigenvalue weighted by molar-refractivity contribution is 5.33. The van der Waals surface area contributed by atoms with E-state index in [4.69, 9.17) is 4.74 Å². The van der Waals surface area contributed by atoms with E-state index in [9.17, 15) is 0 Å². The molecule has 2 nitrogen and oxygen atoms in total. The molecule has 92 valence electrons. The smallest absolute Gasteiger partial charge is 0.123 e. The van der Waals surface area contributed by atoms with Crippen molar-refractivity contribution in [1.82, 2.24) is 5.32 Å². The van der Waals surface area contributed by atoms with E-state index in [0.29, 0.717) is 12.0 Å². The Morgan fingerprint density at radius 2 is 1.88 bits per heavy atom. The largest absolute Gasteiger partial charge is 0.493 e. The van der Waals surface area contributed by atoms with Crippen molar-refractivity contribution in [2.45, 2.75) is 40.3 Å². The molecule has 1 rings (SSSR count). The summed E-state index contributed by atoms with van der Waals surface area (Å²) in [7, 11) is 0. The lowest BCUT2D eigenvalue weighted by molar-refractivity contribution is 0.268. The zero-order valence-electron chi connectivity index (χ0n) is 10.8. The number of rotatable bonds is 6. The standard InChI is InChI=1S/C14H23NO.H2/c1-11(2)10-16-14-8-6-5-7-13(14)9-15-12(3)4;/h5-8,11-12,15H,9-10H2,1-4H3;1H. The van der Waals surface area contributed by atoms with Gasteiger partial charge in [-0.15, -0.1) is 0 Å². The maximum atomic E-state index is 5.79. The lowest BCUT2D eigenvalue weighted by atomic mass is 10.2. The second-order valence-electron chi connectivity index (χ2n) is 4.85. The molecule has 0 fully saturated rings. The molecule has 0 unspecified atom stereocenters. The lowest BCUT2D eigenvalue weighted by Crippen LogP contribution is -2.22. The van der Waals surface area contributed by atoms with Gasteiger partial charge in [-0.2, -0.15) is 0 Å². The van der Waals surface area contributed by atoms with Crippen LogP contribution < -0.4 is 10.1 Å². The fourth-order valence-corrected chi connectivity index (χ4v) is 1.36. The van der Waals surface area contributed by atoms with Crippen molar-refractivity contribution in [2.75, 3.05) is 6.61 Å². The quantitative estimate of drug-likeness (QED) is 0.797. The molecule has 1 aromatic carbocycles. The average molecular weight is 223 g/mol. The van der Waals surface area contributed by atoms with E-state index in [-0.39, 0.29) is 1.43 Å². The molecule has 0 amide bonds. The second kappa shape index (κ2) is 6.54. The first-order valence-electron chi connectivity index (χ1n) is 6.03. The maximum absolute atomic E-state index is 5.79. The molecular formula is C14H25NO. The fraction of sp³-hybridized carbons (Fsp3) is 0.571. The van der Waals surface area contributed by atoms with Crippen LogP contribution in [-0.4, -0.2) is 12.6 Å². The molecule has 0 atom stereocenters. The van der Waals surface area contributed by atoms with Gasteiger partial charge >= 0.3 is 0 Å². The van der Waals surface area contributed by atoms with Crippen LogP contribution in [0.25, 0.3) is 0 Å². The minimum Gasteiger partial charge on any atom is -0.493 e. The summed E-state index contributed by atoms with van der Waals surface area (Å²) in [6, 6.07) is 8.73. The van der Waals surface area contributed by atoms with Crippen LogP contribution in [0.1, 0.15) is 34.7 Å². The van der Waals surface area contributed by atoms with Gasteiger partial charge in [0.15, 0.2) is 0 Å². The van der Waals surface area contributed by atoms with Gasteiger partial charge in [-0.05, 0) is 12.0 Å². The maximum Gasteiger partial charge on any atom is 0.123 e. The normalized spacial score (nSPS) is 11.1. The number of nitrogens with one attached hydrogen (secondary N) is 1. The van der Waals surface area contributed by atoms with Crippen LogP contribution >= 0.6 is 0 Å². The predicted octanol–water partition coefficient (Wildman–Crippen LogP) is 3.47. The SMILES string of the molecule is CC(C)COc1ccccc1CNC(C)C.[HH]. The van der Waals surface area contributed by atoms with Crippen molar-refractivity contribution in [3.05, 3.63) is 29.8 Å². The van der Waals surface area contributed by atoms with Crippen LogP contribution in [0.5, 0.6) is 5.75 Å². The molecule has 0 aromatic heterocycles. The Hall–Kier alpha value is -1.02. The summed E-state index contributed by atoms with van der Waals surface area (Å²) in [5.74, 6) is 1.57. The third-order valence-electron chi connectivity index (χ3n) is 2.25. The van der Waals surface area contributed by atoms with E-state index in [1.165, 1.54) is 5.56 Å². The molecule has 1 N–H and O–H groups in total. The van der Waals surface area contributed by atoms with E-state index in [1.54, 1.807) is 0 Å². The molecule has 0 saturated carbocycles. The molecule has 1 aromatic rings. The Morgan fingerprint density at radius 3 is 2.50 bits per heavy atom. The fourth-order valence-electron chi connectivity index (χ4n) is 1.36. The summed E-state index contributed by atoms with van der Waals surface area (Å²) >= 11 is 0. The molecule has 0 saturated heterocycles.